The summed E-state index contributed by atoms with van der Waals surface area (Å²) in [5.74, 6) is 0.0553. The van der Waals surface area contributed by atoms with Gasteiger partial charge in [0.2, 0.25) is 0 Å². The number of likely N-dealkylation sites (N-methyl/N-ethyl adjacent to an activating group) is 1. The van der Waals surface area contributed by atoms with Gasteiger partial charge >= 0.3 is 12.8 Å². The molecule has 0 amide bonds. The smallest absolute Gasteiger partial charge is 0.416 e. The van der Waals surface area contributed by atoms with Crippen molar-refractivity contribution in [2.75, 3.05) is 20.2 Å². The Morgan fingerprint density at radius 1 is 1.12 bits per heavy atom. The van der Waals surface area contributed by atoms with Gasteiger partial charge in [-0.2, -0.15) is 22.0 Å². The summed E-state index contributed by atoms with van der Waals surface area (Å²) >= 11 is 0. The standard InChI is InChI=1S/C28H36F5N3O.C3H8O/c1-5-7-8-20(15-18(3)6-2)35-24-12-14-36(4)26(23-17-34-13-11-21(23)24)22-10-9-19(28(31,32)33)16-25(22)37-27(29)30;1-2-3-4/h9-13,16-18,20,26-27,35H,5-8,14-15H2,1-4H3;4H,2-3H2,1H3. The van der Waals surface area contributed by atoms with Crippen molar-refractivity contribution in [2.45, 2.75) is 91.1 Å². The maximum atomic E-state index is 13.4. The van der Waals surface area contributed by atoms with Gasteiger partial charge in [0.05, 0.1) is 11.6 Å². The number of hydrogen-bond acceptors (Lipinski definition) is 5. The van der Waals surface area contributed by atoms with E-state index in [1.165, 1.54) is 6.07 Å². The van der Waals surface area contributed by atoms with E-state index in [4.69, 9.17) is 5.11 Å². The summed E-state index contributed by atoms with van der Waals surface area (Å²) in [6.07, 6.45) is 6.84. The number of unbranched alkanes of at least 4 members (excludes halogenated alkanes) is 1. The zero-order chi connectivity index (χ0) is 30.6. The number of ether oxygens (including phenoxy) is 1. The first-order valence-electron chi connectivity index (χ1n) is 14.3. The lowest BCUT2D eigenvalue weighted by molar-refractivity contribution is -0.138. The van der Waals surface area contributed by atoms with Crippen LogP contribution in [-0.2, 0) is 6.18 Å². The normalized spacial score (nSPS) is 17.1. The Hall–Kier alpha value is -2.72. The molecule has 1 aromatic carbocycles. The van der Waals surface area contributed by atoms with E-state index in [0.717, 1.165) is 55.9 Å². The third-order valence-electron chi connectivity index (χ3n) is 7.19. The Balaban J connectivity index is 0.00000138. The average Bonchev–Trinajstić information content (AvgIpc) is 3.07. The highest BCUT2D eigenvalue weighted by molar-refractivity contribution is 5.69. The number of aliphatic hydroxyl groups is 1. The molecule has 2 heterocycles. The van der Waals surface area contributed by atoms with E-state index < -0.39 is 30.1 Å². The van der Waals surface area contributed by atoms with Crippen LogP contribution in [0.2, 0.25) is 0 Å². The number of pyridine rings is 1. The SMILES string of the molecule is CCCCC(CC(C)CC)NC1=CCN(C)C(c2ccc(C(F)(F)F)cc2OC(F)F)c2cnccc21.CCCO. The van der Waals surface area contributed by atoms with Crippen molar-refractivity contribution >= 4 is 5.70 Å². The highest BCUT2D eigenvalue weighted by atomic mass is 19.4. The number of benzene rings is 1. The van der Waals surface area contributed by atoms with Crippen molar-refractivity contribution in [1.82, 2.24) is 15.2 Å². The summed E-state index contributed by atoms with van der Waals surface area (Å²) in [5.41, 5.74) is 1.65. The van der Waals surface area contributed by atoms with Crippen LogP contribution in [0.3, 0.4) is 0 Å². The van der Waals surface area contributed by atoms with E-state index in [9.17, 15) is 22.0 Å². The second kappa shape index (κ2) is 16.7. The van der Waals surface area contributed by atoms with E-state index in [1.54, 1.807) is 19.4 Å². The number of aromatic nitrogens is 1. The van der Waals surface area contributed by atoms with Crippen LogP contribution in [0, 0.1) is 5.92 Å². The topological polar surface area (TPSA) is 57.6 Å². The van der Waals surface area contributed by atoms with Gasteiger partial charge in [-0.25, -0.2) is 0 Å². The fourth-order valence-electron chi connectivity index (χ4n) is 4.81. The predicted molar refractivity (Wildman–Crippen MR) is 153 cm³/mol. The maximum Gasteiger partial charge on any atom is 0.416 e. The fraction of sp³-hybridized carbons (Fsp3) is 0.581. The van der Waals surface area contributed by atoms with Crippen molar-refractivity contribution in [3.63, 3.8) is 0 Å². The minimum Gasteiger partial charge on any atom is -0.434 e. The van der Waals surface area contributed by atoms with Gasteiger partial charge < -0.3 is 15.2 Å². The molecule has 1 aliphatic rings. The van der Waals surface area contributed by atoms with Crippen LogP contribution >= 0.6 is 0 Å². The molecule has 5 nitrogen and oxygen atoms in total. The molecule has 10 heteroatoms. The summed E-state index contributed by atoms with van der Waals surface area (Å²) in [7, 11) is 1.80. The van der Waals surface area contributed by atoms with Crippen LogP contribution in [0.15, 0.2) is 42.7 Å². The number of fused-ring (bicyclic) bond motifs is 1. The lowest BCUT2D eigenvalue weighted by Crippen LogP contribution is -2.30. The Kier molecular flexibility index (Phi) is 14.0. The van der Waals surface area contributed by atoms with Crippen molar-refractivity contribution < 1.29 is 31.8 Å². The number of rotatable bonds is 12. The first-order chi connectivity index (χ1) is 19.5. The summed E-state index contributed by atoms with van der Waals surface area (Å²) < 4.78 is 71.2. The highest BCUT2D eigenvalue weighted by Gasteiger charge is 2.34. The largest absolute Gasteiger partial charge is 0.434 e. The predicted octanol–water partition coefficient (Wildman–Crippen LogP) is 8.05. The molecule has 0 bridgehead atoms. The van der Waals surface area contributed by atoms with E-state index in [-0.39, 0.29) is 11.6 Å². The van der Waals surface area contributed by atoms with Gasteiger partial charge in [0.1, 0.15) is 5.75 Å². The molecule has 3 rings (SSSR count). The Morgan fingerprint density at radius 3 is 2.41 bits per heavy atom. The molecule has 0 aliphatic carbocycles. The molecular formula is C31H44F5N3O2. The molecule has 2 N–H and O–H groups in total. The zero-order valence-electron chi connectivity index (χ0n) is 24.6. The summed E-state index contributed by atoms with van der Waals surface area (Å²) in [5, 5.41) is 11.6. The number of nitrogens with one attached hydrogen (secondary N) is 1. The molecule has 3 atom stereocenters. The van der Waals surface area contributed by atoms with Crippen molar-refractivity contribution in [2.24, 2.45) is 5.92 Å². The average molecular weight is 586 g/mol. The van der Waals surface area contributed by atoms with Gasteiger partial charge in [0.25, 0.3) is 0 Å². The molecule has 230 valence electrons. The molecule has 2 aromatic rings. The van der Waals surface area contributed by atoms with Crippen LogP contribution < -0.4 is 10.1 Å². The lowest BCUT2D eigenvalue weighted by Gasteiger charge is -2.29. The van der Waals surface area contributed by atoms with Crippen molar-refractivity contribution in [3.8, 4) is 5.75 Å². The molecule has 0 spiro atoms. The van der Waals surface area contributed by atoms with E-state index >= 15 is 0 Å². The van der Waals surface area contributed by atoms with Crippen LogP contribution in [0.1, 0.15) is 94.5 Å². The second-order valence-electron chi connectivity index (χ2n) is 10.5. The van der Waals surface area contributed by atoms with Crippen LogP contribution in [0.5, 0.6) is 5.75 Å². The Bertz CT molecular complexity index is 1090. The van der Waals surface area contributed by atoms with Gasteiger partial charge in [-0.15, -0.1) is 0 Å². The minimum absolute atomic E-state index is 0.224. The van der Waals surface area contributed by atoms with Crippen molar-refractivity contribution in [1.29, 1.82) is 0 Å². The Morgan fingerprint density at radius 2 is 1.83 bits per heavy atom. The lowest BCUT2D eigenvalue weighted by atomic mass is 9.92. The van der Waals surface area contributed by atoms with Crippen molar-refractivity contribution in [3.05, 3.63) is 65.0 Å². The number of nitrogens with zero attached hydrogens (tertiary/aromatic N) is 2. The van der Waals surface area contributed by atoms with Gasteiger partial charge in [-0.05, 0) is 56.5 Å². The van der Waals surface area contributed by atoms with E-state index in [1.807, 2.05) is 24.0 Å². The van der Waals surface area contributed by atoms with E-state index in [0.29, 0.717) is 30.7 Å². The minimum atomic E-state index is -4.69. The van der Waals surface area contributed by atoms with Gasteiger partial charge in [0.15, 0.2) is 0 Å². The molecule has 41 heavy (non-hydrogen) atoms. The summed E-state index contributed by atoms with van der Waals surface area (Å²) in [4.78, 5) is 6.17. The molecule has 0 saturated heterocycles. The molecule has 0 saturated carbocycles. The first-order valence-corrected chi connectivity index (χ1v) is 14.3. The fourth-order valence-corrected chi connectivity index (χ4v) is 4.81. The monoisotopic (exact) mass is 585 g/mol. The molecule has 1 aliphatic heterocycles. The molecule has 0 fully saturated rings. The third kappa shape index (κ3) is 10.3. The zero-order valence-corrected chi connectivity index (χ0v) is 24.6. The van der Waals surface area contributed by atoms with Gasteiger partial charge in [-0.1, -0.05) is 53.0 Å². The first kappa shape index (κ1) is 34.5. The van der Waals surface area contributed by atoms with Crippen LogP contribution in [0.25, 0.3) is 5.70 Å². The molecule has 3 unspecified atom stereocenters. The summed E-state index contributed by atoms with van der Waals surface area (Å²) in [6, 6.07) is 4.26. The van der Waals surface area contributed by atoms with E-state index in [2.05, 4.69) is 35.8 Å². The molecule has 1 aromatic heterocycles. The highest BCUT2D eigenvalue weighted by Crippen LogP contribution is 2.42. The van der Waals surface area contributed by atoms with Gasteiger partial charge in [-0.3, -0.25) is 9.88 Å². The number of hydrogen-bond donors (Lipinski definition) is 2. The second-order valence-corrected chi connectivity index (χ2v) is 10.5. The van der Waals surface area contributed by atoms with Crippen LogP contribution in [-0.4, -0.2) is 47.8 Å². The molecule has 0 radical (unpaired) electrons. The quantitative estimate of drug-likeness (QED) is 0.247. The number of halogens is 5. The maximum absolute atomic E-state index is 13.4. The summed E-state index contributed by atoms with van der Waals surface area (Å²) in [6.45, 7) is 6.01. The third-order valence-corrected chi connectivity index (χ3v) is 7.19. The Labute approximate surface area is 240 Å². The molecular weight excluding hydrogens is 541 g/mol. The number of alkyl halides is 5. The number of aliphatic hydroxyl groups excluding tert-OH is 1. The van der Waals surface area contributed by atoms with Gasteiger partial charge in [0, 0.05) is 54.0 Å². The van der Waals surface area contributed by atoms with Crippen LogP contribution in [0.4, 0.5) is 22.0 Å².